The van der Waals surface area contributed by atoms with Crippen LogP contribution in [0.5, 0.6) is 0 Å². The molecule has 3 N–H and O–H groups in total. The zero-order valence-corrected chi connectivity index (χ0v) is 16.6. The van der Waals surface area contributed by atoms with E-state index in [0.717, 1.165) is 21.9 Å². The van der Waals surface area contributed by atoms with Crippen LogP contribution >= 0.6 is 11.3 Å². The average Bonchev–Trinajstić information content (AvgIpc) is 3.09. The molecule has 148 valence electrons. The molecule has 0 radical (unpaired) electrons. The van der Waals surface area contributed by atoms with Crippen LogP contribution in [0.15, 0.2) is 36.4 Å². The number of aliphatic hydroxyl groups excluding tert-OH is 1. The number of thiazole rings is 1. The maximum atomic E-state index is 11.9. The van der Waals surface area contributed by atoms with Gasteiger partial charge in [-0.1, -0.05) is 29.0 Å². The van der Waals surface area contributed by atoms with E-state index in [2.05, 4.69) is 51.8 Å². The molecule has 1 aromatic carbocycles. The Hall–Kier alpha value is -2.75. The largest absolute Gasteiger partial charge is 0.394 e. The SMILES string of the molecule is Cc1ccc(N(C)c2ccc3nc(NC(=O)NCCOCCO)sc3n2)cc1. The molecule has 3 rings (SSSR count). The number of fused-ring (bicyclic) bond motifs is 1. The first-order valence-electron chi connectivity index (χ1n) is 8.88. The average molecular weight is 401 g/mol. The molecule has 0 aliphatic heterocycles. The van der Waals surface area contributed by atoms with Crippen molar-refractivity contribution in [2.24, 2.45) is 0 Å². The van der Waals surface area contributed by atoms with Crippen molar-refractivity contribution >= 4 is 44.4 Å². The van der Waals surface area contributed by atoms with Gasteiger partial charge in [-0.2, -0.15) is 0 Å². The standard InChI is InChI=1S/C19H23N5O3S/c1-13-3-5-14(6-4-13)24(2)16-8-7-15-17(22-16)28-19(21-15)23-18(26)20-9-11-27-12-10-25/h3-8,25H,9-12H2,1-2H3,(H2,20,21,23,26). The normalized spacial score (nSPS) is 10.8. The summed E-state index contributed by atoms with van der Waals surface area (Å²) < 4.78 is 5.09. The number of aryl methyl sites for hydroxylation is 1. The number of hydrogen-bond donors (Lipinski definition) is 3. The summed E-state index contributed by atoms with van der Waals surface area (Å²) in [4.78, 5) is 23.7. The maximum absolute atomic E-state index is 11.9. The fraction of sp³-hybridized carbons (Fsp3) is 0.316. The molecule has 3 aromatic rings. The second-order valence-electron chi connectivity index (χ2n) is 6.12. The molecule has 28 heavy (non-hydrogen) atoms. The van der Waals surface area contributed by atoms with Crippen LogP contribution in [-0.2, 0) is 4.74 Å². The number of carbonyl (C=O) groups excluding carboxylic acids is 1. The molecule has 9 heteroatoms. The van der Waals surface area contributed by atoms with E-state index >= 15 is 0 Å². The molecule has 0 unspecified atom stereocenters. The Kier molecular flexibility index (Phi) is 6.75. The molecular formula is C19H23N5O3S. The summed E-state index contributed by atoms with van der Waals surface area (Å²) in [6.45, 7) is 2.96. The number of nitrogens with zero attached hydrogens (tertiary/aromatic N) is 3. The van der Waals surface area contributed by atoms with E-state index in [9.17, 15) is 4.79 Å². The summed E-state index contributed by atoms with van der Waals surface area (Å²) in [6, 6.07) is 11.7. The van der Waals surface area contributed by atoms with E-state index in [1.807, 2.05) is 24.1 Å². The Balaban J connectivity index is 1.64. The van der Waals surface area contributed by atoms with Crippen LogP contribution < -0.4 is 15.5 Å². The van der Waals surface area contributed by atoms with Gasteiger partial charge < -0.3 is 20.1 Å². The number of urea groups is 1. The Morgan fingerprint density at radius 3 is 2.71 bits per heavy atom. The second-order valence-corrected chi connectivity index (χ2v) is 7.10. The molecule has 0 spiro atoms. The van der Waals surface area contributed by atoms with E-state index in [1.54, 1.807) is 0 Å². The van der Waals surface area contributed by atoms with Gasteiger partial charge in [0.15, 0.2) is 5.13 Å². The van der Waals surface area contributed by atoms with Gasteiger partial charge in [-0.25, -0.2) is 14.8 Å². The lowest BCUT2D eigenvalue weighted by Crippen LogP contribution is -2.31. The van der Waals surface area contributed by atoms with Crippen LogP contribution in [-0.4, -0.2) is 54.5 Å². The van der Waals surface area contributed by atoms with Crippen LogP contribution in [0, 0.1) is 6.92 Å². The van der Waals surface area contributed by atoms with Gasteiger partial charge in [-0.05, 0) is 31.2 Å². The quantitative estimate of drug-likeness (QED) is 0.502. The number of carbonyl (C=O) groups is 1. The first-order chi connectivity index (χ1) is 13.6. The van der Waals surface area contributed by atoms with Crippen LogP contribution in [0.2, 0.25) is 0 Å². The van der Waals surface area contributed by atoms with Crippen LogP contribution in [0.4, 0.5) is 21.4 Å². The van der Waals surface area contributed by atoms with Gasteiger partial charge in [-0.3, -0.25) is 5.32 Å². The Morgan fingerprint density at radius 2 is 1.96 bits per heavy atom. The number of amides is 2. The van der Waals surface area contributed by atoms with Gasteiger partial charge in [0.25, 0.3) is 0 Å². The molecule has 2 heterocycles. The highest BCUT2D eigenvalue weighted by Gasteiger charge is 2.11. The fourth-order valence-corrected chi connectivity index (χ4v) is 3.32. The van der Waals surface area contributed by atoms with Crippen molar-refractivity contribution in [2.75, 3.05) is 43.6 Å². The van der Waals surface area contributed by atoms with E-state index in [1.165, 1.54) is 16.9 Å². The number of rotatable bonds is 8. The van der Waals surface area contributed by atoms with Crippen molar-refractivity contribution in [3.05, 3.63) is 42.0 Å². The van der Waals surface area contributed by atoms with Gasteiger partial charge in [0.05, 0.1) is 19.8 Å². The summed E-state index contributed by atoms with van der Waals surface area (Å²) in [5, 5.41) is 14.5. The summed E-state index contributed by atoms with van der Waals surface area (Å²) in [6.07, 6.45) is 0. The zero-order chi connectivity index (χ0) is 19.9. The number of pyridine rings is 1. The van der Waals surface area contributed by atoms with Gasteiger partial charge in [0, 0.05) is 19.3 Å². The number of anilines is 3. The highest BCUT2D eigenvalue weighted by atomic mass is 32.1. The summed E-state index contributed by atoms with van der Waals surface area (Å²) >= 11 is 1.32. The number of nitrogens with one attached hydrogen (secondary N) is 2. The predicted molar refractivity (Wildman–Crippen MR) is 112 cm³/mol. The second kappa shape index (κ2) is 9.45. The highest BCUT2D eigenvalue weighted by molar-refractivity contribution is 7.22. The molecule has 0 aliphatic rings. The molecule has 8 nitrogen and oxygen atoms in total. The number of aromatic nitrogens is 2. The first kappa shape index (κ1) is 20.0. The van der Waals surface area contributed by atoms with E-state index < -0.39 is 0 Å². The summed E-state index contributed by atoms with van der Waals surface area (Å²) in [5.41, 5.74) is 2.98. The van der Waals surface area contributed by atoms with Crippen molar-refractivity contribution < 1.29 is 14.6 Å². The maximum Gasteiger partial charge on any atom is 0.321 e. The molecule has 0 fully saturated rings. The summed E-state index contributed by atoms with van der Waals surface area (Å²) in [7, 11) is 1.96. The topological polar surface area (TPSA) is 99.6 Å². The molecule has 0 saturated heterocycles. The molecule has 0 atom stereocenters. The fourth-order valence-electron chi connectivity index (χ4n) is 2.49. The molecule has 0 bridgehead atoms. The molecule has 0 saturated carbocycles. The number of benzene rings is 1. The summed E-state index contributed by atoms with van der Waals surface area (Å²) in [5.74, 6) is 0.803. The number of aliphatic hydroxyl groups is 1. The van der Waals surface area contributed by atoms with E-state index in [4.69, 9.17) is 9.84 Å². The van der Waals surface area contributed by atoms with E-state index in [0.29, 0.717) is 18.3 Å². The highest BCUT2D eigenvalue weighted by Crippen LogP contribution is 2.29. The smallest absolute Gasteiger partial charge is 0.321 e. The van der Waals surface area contributed by atoms with Gasteiger partial charge >= 0.3 is 6.03 Å². The van der Waals surface area contributed by atoms with E-state index in [-0.39, 0.29) is 19.2 Å². The van der Waals surface area contributed by atoms with Crippen molar-refractivity contribution in [3.63, 3.8) is 0 Å². The Labute approximate surface area is 167 Å². The molecular weight excluding hydrogens is 378 g/mol. The van der Waals surface area contributed by atoms with Crippen molar-refractivity contribution in [1.82, 2.24) is 15.3 Å². The number of hydrogen-bond acceptors (Lipinski definition) is 7. The van der Waals surface area contributed by atoms with Crippen LogP contribution in [0.3, 0.4) is 0 Å². The third-order valence-electron chi connectivity index (χ3n) is 3.99. The van der Waals surface area contributed by atoms with Gasteiger partial charge in [0.2, 0.25) is 0 Å². The van der Waals surface area contributed by atoms with Gasteiger partial charge in [0.1, 0.15) is 16.2 Å². The molecule has 2 aromatic heterocycles. The lowest BCUT2D eigenvalue weighted by molar-refractivity contribution is 0.0950. The molecule has 2 amide bonds. The lowest BCUT2D eigenvalue weighted by atomic mass is 10.2. The Morgan fingerprint density at radius 1 is 1.18 bits per heavy atom. The minimum absolute atomic E-state index is 0.0357. The zero-order valence-electron chi connectivity index (χ0n) is 15.8. The monoisotopic (exact) mass is 401 g/mol. The molecule has 0 aliphatic carbocycles. The van der Waals surface area contributed by atoms with Crippen molar-refractivity contribution in [3.8, 4) is 0 Å². The predicted octanol–water partition coefficient (Wildman–Crippen LogP) is 2.90. The van der Waals surface area contributed by atoms with Crippen LogP contribution in [0.25, 0.3) is 10.3 Å². The van der Waals surface area contributed by atoms with Crippen LogP contribution in [0.1, 0.15) is 5.56 Å². The minimum Gasteiger partial charge on any atom is -0.394 e. The van der Waals surface area contributed by atoms with Crippen molar-refractivity contribution in [1.29, 1.82) is 0 Å². The number of ether oxygens (including phenoxy) is 1. The lowest BCUT2D eigenvalue weighted by Gasteiger charge is -2.18. The van der Waals surface area contributed by atoms with Gasteiger partial charge in [-0.15, -0.1) is 0 Å². The minimum atomic E-state index is -0.358. The third kappa shape index (κ3) is 5.16. The third-order valence-corrected chi connectivity index (χ3v) is 4.87. The van der Waals surface area contributed by atoms with Crippen molar-refractivity contribution in [2.45, 2.75) is 6.92 Å². The Bertz CT molecular complexity index is 929. The first-order valence-corrected chi connectivity index (χ1v) is 9.70.